The van der Waals surface area contributed by atoms with Crippen LogP contribution >= 0.6 is 0 Å². The molecule has 4 nitrogen and oxygen atoms in total. The molecule has 0 amide bonds. The fraction of sp³-hybridized carbons (Fsp3) is 0.0385. The summed E-state index contributed by atoms with van der Waals surface area (Å²) >= 11 is 0. The Morgan fingerprint density at radius 1 is 0.710 bits per heavy atom. The maximum absolute atomic E-state index is 15.2. The lowest BCUT2D eigenvalue weighted by Crippen LogP contribution is -2.06. The lowest BCUT2D eigenvalue weighted by atomic mass is 10.0. The largest absolute Gasteiger partial charge is 0.364 e. The number of hydrogen-bond acceptors (Lipinski definition) is 4. The Hall–Kier alpha value is -4.12. The van der Waals surface area contributed by atoms with Crippen molar-refractivity contribution in [1.82, 2.24) is 15.0 Å². The van der Waals surface area contributed by atoms with E-state index in [2.05, 4.69) is 15.3 Å². The van der Waals surface area contributed by atoms with E-state index in [4.69, 9.17) is 4.98 Å². The van der Waals surface area contributed by atoms with Gasteiger partial charge >= 0.3 is 0 Å². The molecule has 0 aliphatic rings. The molecule has 0 bridgehead atoms. The normalized spacial score (nSPS) is 10.9. The lowest BCUT2D eigenvalue weighted by molar-refractivity contribution is 0.637. The van der Waals surface area contributed by atoms with Crippen molar-refractivity contribution in [1.29, 1.82) is 0 Å². The second-order valence-electron chi connectivity index (χ2n) is 7.16. The van der Waals surface area contributed by atoms with Gasteiger partial charge in [0.1, 0.15) is 17.2 Å². The van der Waals surface area contributed by atoms with Crippen LogP contribution in [0.15, 0.2) is 97.2 Å². The topological polar surface area (TPSA) is 50.7 Å². The average molecular weight is 406 g/mol. The van der Waals surface area contributed by atoms with Gasteiger partial charge in [-0.25, -0.2) is 14.4 Å². The van der Waals surface area contributed by atoms with E-state index < -0.39 is 0 Å². The molecular formula is C26H19FN4. The number of anilines is 1. The van der Waals surface area contributed by atoms with Gasteiger partial charge in [-0.1, -0.05) is 66.7 Å². The van der Waals surface area contributed by atoms with Crippen molar-refractivity contribution < 1.29 is 4.39 Å². The zero-order chi connectivity index (χ0) is 21.0. The zero-order valence-corrected chi connectivity index (χ0v) is 16.7. The van der Waals surface area contributed by atoms with Crippen LogP contribution in [0.1, 0.15) is 5.69 Å². The first-order valence-electron chi connectivity index (χ1n) is 10.0. The molecule has 0 radical (unpaired) electrons. The van der Waals surface area contributed by atoms with E-state index in [1.807, 2.05) is 84.9 Å². The van der Waals surface area contributed by atoms with Gasteiger partial charge in [0.2, 0.25) is 0 Å². The standard InChI is InChI=1S/C26H19FN4/c27-23-16-20(18-9-3-1-4-10-18)15-22-24(23)30-25(19-11-5-2-6-12-19)31-26(22)29-17-21-13-7-8-14-28-21/h1-16H,17H2,(H,29,30,31). The lowest BCUT2D eigenvalue weighted by Gasteiger charge is -2.13. The Kier molecular flexibility index (Phi) is 5.07. The summed E-state index contributed by atoms with van der Waals surface area (Å²) in [6, 6.07) is 28.5. The van der Waals surface area contributed by atoms with Gasteiger partial charge in [0.25, 0.3) is 0 Å². The number of nitrogens with one attached hydrogen (secondary N) is 1. The Labute approximate surface area is 179 Å². The SMILES string of the molecule is Fc1cc(-c2ccccc2)cc2c(NCc3ccccn3)nc(-c3ccccc3)nc12. The van der Waals surface area contributed by atoms with E-state index in [0.717, 1.165) is 22.4 Å². The summed E-state index contributed by atoms with van der Waals surface area (Å²) in [4.78, 5) is 13.7. The molecule has 0 fully saturated rings. The smallest absolute Gasteiger partial charge is 0.162 e. The van der Waals surface area contributed by atoms with Gasteiger partial charge < -0.3 is 5.32 Å². The Bertz CT molecular complexity index is 1320. The van der Waals surface area contributed by atoms with Crippen LogP contribution in [0, 0.1) is 5.82 Å². The van der Waals surface area contributed by atoms with Crippen molar-refractivity contribution in [3.05, 3.63) is 109 Å². The summed E-state index contributed by atoms with van der Waals surface area (Å²) in [6.45, 7) is 0.471. The average Bonchev–Trinajstić information content (AvgIpc) is 2.84. The second kappa shape index (κ2) is 8.32. The molecule has 5 aromatic rings. The molecule has 5 heteroatoms. The van der Waals surface area contributed by atoms with Crippen molar-refractivity contribution in [2.24, 2.45) is 0 Å². The Morgan fingerprint density at radius 2 is 1.42 bits per heavy atom. The molecule has 2 heterocycles. The highest BCUT2D eigenvalue weighted by molar-refractivity contribution is 5.94. The summed E-state index contributed by atoms with van der Waals surface area (Å²) in [5.74, 6) is 0.672. The van der Waals surface area contributed by atoms with Gasteiger partial charge in [-0.2, -0.15) is 0 Å². The summed E-state index contributed by atoms with van der Waals surface area (Å²) in [5.41, 5.74) is 3.71. The number of halogens is 1. The highest BCUT2D eigenvalue weighted by Gasteiger charge is 2.15. The van der Waals surface area contributed by atoms with Crippen LogP contribution in [0.2, 0.25) is 0 Å². The minimum absolute atomic E-state index is 0.289. The molecule has 0 aliphatic carbocycles. The van der Waals surface area contributed by atoms with Crippen LogP contribution in [-0.2, 0) is 6.54 Å². The molecule has 0 unspecified atom stereocenters. The van der Waals surface area contributed by atoms with Gasteiger partial charge in [0.05, 0.1) is 12.2 Å². The van der Waals surface area contributed by atoms with E-state index >= 15 is 4.39 Å². The maximum Gasteiger partial charge on any atom is 0.162 e. The monoisotopic (exact) mass is 406 g/mol. The second-order valence-corrected chi connectivity index (χ2v) is 7.16. The number of nitrogens with zero attached hydrogens (tertiary/aromatic N) is 3. The van der Waals surface area contributed by atoms with Gasteiger partial charge in [0.15, 0.2) is 5.82 Å². The number of hydrogen-bond donors (Lipinski definition) is 1. The number of aromatic nitrogens is 3. The van der Waals surface area contributed by atoms with E-state index in [0.29, 0.717) is 23.6 Å². The molecular weight excluding hydrogens is 387 g/mol. The van der Waals surface area contributed by atoms with E-state index in [9.17, 15) is 0 Å². The van der Waals surface area contributed by atoms with E-state index in [1.54, 1.807) is 6.20 Å². The Morgan fingerprint density at radius 3 is 2.13 bits per heavy atom. The summed E-state index contributed by atoms with van der Waals surface area (Å²) < 4.78 is 15.2. The maximum atomic E-state index is 15.2. The molecule has 1 N–H and O–H groups in total. The molecule has 150 valence electrons. The van der Waals surface area contributed by atoms with Crippen molar-refractivity contribution >= 4 is 16.7 Å². The Balaban J connectivity index is 1.66. The molecule has 3 aromatic carbocycles. The van der Waals surface area contributed by atoms with Crippen LogP contribution in [-0.4, -0.2) is 15.0 Å². The number of rotatable bonds is 5. The van der Waals surface area contributed by atoms with Crippen molar-refractivity contribution in [3.8, 4) is 22.5 Å². The van der Waals surface area contributed by atoms with Crippen molar-refractivity contribution in [2.75, 3.05) is 5.32 Å². The molecule has 0 saturated carbocycles. The third kappa shape index (κ3) is 3.98. The number of fused-ring (bicyclic) bond motifs is 1. The first-order valence-corrected chi connectivity index (χ1v) is 10.0. The molecule has 2 aromatic heterocycles. The fourth-order valence-corrected chi connectivity index (χ4v) is 3.52. The first-order chi connectivity index (χ1) is 15.3. The third-order valence-corrected chi connectivity index (χ3v) is 5.06. The zero-order valence-electron chi connectivity index (χ0n) is 16.7. The predicted molar refractivity (Wildman–Crippen MR) is 122 cm³/mol. The molecule has 31 heavy (non-hydrogen) atoms. The summed E-state index contributed by atoms with van der Waals surface area (Å²) in [5, 5.41) is 3.97. The van der Waals surface area contributed by atoms with E-state index in [-0.39, 0.29) is 11.3 Å². The summed E-state index contributed by atoms with van der Waals surface area (Å²) in [6.07, 6.45) is 1.75. The fourth-order valence-electron chi connectivity index (χ4n) is 3.52. The van der Waals surface area contributed by atoms with Crippen molar-refractivity contribution in [3.63, 3.8) is 0 Å². The van der Waals surface area contributed by atoms with Crippen LogP contribution in [0.5, 0.6) is 0 Å². The van der Waals surface area contributed by atoms with Gasteiger partial charge in [-0.3, -0.25) is 4.98 Å². The van der Waals surface area contributed by atoms with Gasteiger partial charge in [-0.15, -0.1) is 0 Å². The van der Waals surface area contributed by atoms with Gasteiger partial charge in [-0.05, 0) is 35.4 Å². The van der Waals surface area contributed by atoms with Crippen LogP contribution in [0.25, 0.3) is 33.4 Å². The highest BCUT2D eigenvalue weighted by atomic mass is 19.1. The quantitative estimate of drug-likeness (QED) is 0.383. The van der Waals surface area contributed by atoms with Crippen LogP contribution in [0.3, 0.4) is 0 Å². The van der Waals surface area contributed by atoms with Crippen LogP contribution < -0.4 is 5.32 Å². The van der Waals surface area contributed by atoms with E-state index in [1.165, 1.54) is 6.07 Å². The molecule has 0 spiro atoms. The number of benzene rings is 3. The number of pyridine rings is 1. The van der Waals surface area contributed by atoms with Crippen LogP contribution in [0.4, 0.5) is 10.2 Å². The minimum atomic E-state index is -0.378. The van der Waals surface area contributed by atoms with Gasteiger partial charge in [0, 0.05) is 17.1 Å². The third-order valence-electron chi connectivity index (χ3n) is 5.06. The van der Waals surface area contributed by atoms with Crippen molar-refractivity contribution in [2.45, 2.75) is 6.54 Å². The molecule has 5 rings (SSSR count). The molecule has 0 saturated heterocycles. The first kappa shape index (κ1) is 18.9. The molecule has 0 aliphatic heterocycles. The minimum Gasteiger partial charge on any atom is -0.364 e. The molecule has 0 atom stereocenters. The predicted octanol–water partition coefficient (Wildman–Crippen LogP) is 6.11. The highest BCUT2D eigenvalue weighted by Crippen LogP contribution is 2.31. The summed E-state index contributed by atoms with van der Waals surface area (Å²) in [7, 11) is 0.